The number of carboxylic acids is 1. The molecule has 1 heterocycles. The SMILES string of the molecule is C[C@H](C1C=CC(F)=CC1)n1c(Nc2ccc(OC(F)(F)F)cc2)nc2cc(CCC(=O)O)ccc21. The number of ether oxygens (including phenoxy) is 1. The van der Waals surface area contributed by atoms with Gasteiger partial charge < -0.3 is 19.7 Å². The van der Waals surface area contributed by atoms with Crippen LogP contribution in [-0.4, -0.2) is 27.0 Å². The minimum absolute atomic E-state index is 0.00909. The Hall–Kier alpha value is -3.82. The summed E-state index contributed by atoms with van der Waals surface area (Å²) in [5, 5.41) is 12.1. The van der Waals surface area contributed by atoms with Crippen molar-refractivity contribution in [1.29, 1.82) is 0 Å². The molecule has 1 aliphatic rings. The number of alkyl halides is 3. The zero-order valence-electron chi connectivity index (χ0n) is 18.7. The van der Waals surface area contributed by atoms with Gasteiger partial charge in [0.2, 0.25) is 5.95 Å². The van der Waals surface area contributed by atoms with Crippen LogP contribution in [0.1, 0.15) is 31.4 Å². The van der Waals surface area contributed by atoms with E-state index in [-0.39, 0.29) is 30.0 Å². The van der Waals surface area contributed by atoms with Gasteiger partial charge in [-0.2, -0.15) is 0 Å². The fraction of sp³-hybridized carbons (Fsp3) is 0.280. The summed E-state index contributed by atoms with van der Waals surface area (Å²) in [6.45, 7) is 1.98. The molecule has 0 aliphatic heterocycles. The number of allylic oxidation sites excluding steroid dienone is 4. The summed E-state index contributed by atoms with van der Waals surface area (Å²) in [6.07, 6.45) is 0.829. The van der Waals surface area contributed by atoms with Crippen LogP contribution in [0.2, 0.25) is 0 Å². The Kier molecular flexibility index (Phi) is 6.81. The first-order valence-corrected chi connectivity index (χ1v) is 11.0. The molecule has 35 heavy (non-hydrogen) atoms. The van der Waals surface area contributed by atoms with Crippen molar-refractivity contribution < 1.29 is 32.2 Å². The summed E-state index contributed by atoms with van der Waals surface area (Å²) in [4.78, 5) is 15.6. The average Bonchev–Trinajstić information content (AvgIpc) is 3.15. The van der Waals surface area contributed by atoms with Gasteiger partial charge in [0.25, 0.3) is 0 Å². The second-order valence-electron chi connectivity index (χ2n) is 8.31. The van der Waals surface area contributed by atoms with Gasteiger partial charge >= 0.3 is 12.3 Å². The molecule has 6 nitrogen and oxygen atoms in total. The first kappa shape index (κ1) is 24.3. The second-order valence-corrected chi connectivity index (χ2v) is 8.31. The third-order valence-electron chi connectivity index (χ3n) is 5.84. The van der Waals surface area contributed by atoms with Crippen LogP contribution in [0, 0.1) is 5.92 Å². The van der Waals surface area contributed by atoms with E-state index in [1.807, 2.05) is 29.7 Å². The van der Waals surface area contributed by atoms with Crippen LogP contribution < -0.4 is 10.1 Å². The van der Waals surface area contributed by atoms with Gasteiger partial charge in [-0.3, -0.25) is 4.79 Å². The summed E-state index contributed by atoms with van der Waals surface area (Å²) in [6, 6.07) is 10.7. The minimum Gasteiger partial charge on any atom is -0.481 e. The molecule has 2 aromatic carbocycles. The van der Waals surface area contributed by atoms with Gasteiger partial charge in [0, 0.05) is 24.1 Å². The van der Waals surface area contributed by atoms with E-state index in [1.165, 1.54) is 36.4 Å². The van der Waals surface area contributed by atoms with Gasteiger partial charge in [0.05, 0.1) is 11.0 Å². The quantitative estimate of drug-likeness (QED) is 0.345. The van der Waals surface area contributed by atoms with E-state index >= 15 is 0 Å². The highest BCUT2D eigenvalue weighted by Crippen LogP contribution is 2.35. The first-order chi connectivity index (χ1) is 16.6. The maximum atomic E-state index is 13.5. The van der Waals surface area contributed by atoms with Crippen molar-refractivity contribution in [3.8, 4) is 5.75 Å². The van der Waals surface area contributed by atoms with Crippen LogP contribution in [0.25, 0.3) is 11.0 Å². The Bertz CT molecular complexity index is 1280. The van der Waals surface area contributed by atoms with Crippen molar-refractivity contribution in [3.63, 3.8) is 0 Å². The van der Waals surface area contributed by atoms with Gasteiger partial charge in [-0.1, -0.05) is 12.1 Å². The molecule has 2 atom stereocenters. The molecule has 10 heteroatoms. The normalized spacial score (nSPS) is 16.7. The Morgan fingerprint density at radius 3 is 2.63 bits per heavy atom. The third kappa shape index (κ3) is 6.00. The molecule has 0 amide bonds. The van der Waals surface area contributed by atoms with Crippen LogP contribution >= 0.6 is 0 Å². The zero-order chi connectivity index (χ0) is 25.2. The number of rotatable bonds is 8. The number of halogens is 4. The van der Waals surface area contributed by atoms with Gasteiger partial charge in [0.1, 0.15) is 11.6 Å². The fourth-order valence-corrected chi connectivity index (χ4v) is 4.08. The number of hydrogen-bond acceptors (Lipinski definition) is 4. The molecular formula is C25H23F4N3O3. The van der Waals surface area contributed by atoms with E-state index in [0.717, 1.165) is 11.1 Å². The molecule has 0 saturated heterocycles. The van der Waals surface area contributed by atoms with E-state index < -0.39 is 12.3 Å². The largest absolute Gasteiger partial charge is 0.573 e. The molecule has 1 aromatic heterocycles. The number of carbonyl (C=O) groups is 1. The summed E-state index contributed by atoms with van der Waals surface area (Å²) in [5.74, 6) is -1.08. The van der Waals surface area contributed by atoms with Crippen molar-refractivity contribution in [3.05, 3.63) is 72.1 Å². The second kappa shape index (κ2) is 9.81. The van der Waals surface area contributed by atoms with E-state index in [2.05, 4.69) is 15.0 Å². The maximum Gasteiger partial charge on any atom is 0.573 e. The number of carboxylic acid groups (broad SMARTS) is 1. The summed E-state index contributed by atoms with van der Waals surface area (Å²) in [5.41, 5.74) is 2.75. The Balaban J connectivity index is 1.67. The number of fused-ring (bicyclic) bond motifs is 1. The Morgan fingerprint density at radius 1 is 1.26 bits per heavy atom. The number of aromatic nitrogens is 2. The molecular weight excluding hydrogens is 466 g/mol. The van der Waals surface area contributed by atoms with Crippen molar-refractivity contribution >= 4 is 28.6 Å². The number of imidazole rings is 1. The van der Waals surface area contributed by atoms with Crippen LogP contribution in [0.15, 0.2) is 66.5 Å². The highest BCUT2D eigenvalue weighted by atomic mass is 19.4. The van der Waals surface area contributed by atoms with Crippen molar-refractivity contribution in [2.75, 3.05) is 5.32 Å². The number of nitrogens with one attached hydrogen (secondary N) is 1. The number of anilines is 2. The highest BCUT2D eigenvalue weighted by Gasteiger charge is 2.31. The molecule has 0 saturated carbocycles. The van der Waals surface area contributed by atoms with E-state index in [9.17, 15) is 22.4 Å². The van der Waals surface area contributed by atoms with Gasteiger partial charge in [-0.25, -0.2) is 9.37 Å². The number of nitrogens with zero attached hydrogens (tertiary/aromatic N) is 2. The Morgan fingerprint density at radius 2 is 2.00 bits per heavy atom. The Labute approximate surface area is 198 Å². The highest BCUT2D eigenvalue weighted by molar-refractivity contribution is 5.81. The van der Waals surface area contributed by atoms with E-state index in [4.69, 9.17) is 5.11 Å². The van der Waals surface area contributed by atoms with Crippen LogP contribution in [-0.2, 0) is 11.2 Å². The minimum atomic E-state index is -4.78. The van der Waals surface area contributed by atoms with Crippen LogP contribution in [0.4, 0.5) is 29.2 Å². The van der Waals surface area contributed by atoms with Crippen molar-refractivity contribution in [2.45, 2.75) is 38.6 Å². The molecule has 0 radical (unpaired) electrons. The average molecular weight is 489 g/mol. The zero-order valence-corrected chi connectivity index (χ0v) is 18.7. The lowest BCUT2D eigenvalue weighted by molar-refractivity contribution is -0.274. The predicted molar refractivity (Wildman–Crippen MR) is 123 cm³/mol. The van der Waals surface area contributed by atoms with Crippen molar-refractivity contribution in [2.24, 2.45) is 5.92 Å². The van der Waals surface area contributed by atoms with E-state index in [0.29, 0.717) is 30.0 Å². The molecule has 0 fully saturated rings. The number of hydrogen-bond donors (Lipinski definition) is 2. The van der Waals surface area contributed by atoms with E-state index in [1.54, 1.807) is 6.08 Å². The first-order valence-electron chi connectivity index (χ1n) is 11.0. The monoisotopic (exact) mass is 489 g/mol. The lowest BCUT2D eigenvalue weighted by Gasteiger charge is -2.25. The van der Waals surface area contributed by atoms with Crippen LogP contribution in [0.5, 0.6) is 5.75 Å². The molecule has 2 N–H and O–H groups in total. The molecule has 0 bridgehead atoms. The van der Waals surface area contributed by atoms with Gasteiger partial charge in [-0.05, 0) is 73.9 Å². The summed E-state index contributed by atoms with van der Waals surface area (Å²) >= 11 is 0. The molecule has 184 valence electrons. The molecule has 4 rings (SSSR count). The maximum absolute atomic E-state index is 13.5. The molecule has 3 aromatic rings. The van der Waals surface area contributed by atoms with Crippen LogP contribution in [0.3, 0.4) is 0 Å². The van der Waals surface area contributed by atoms with Crippen molar-refractivity contribution in [1.82, 2.24) is 9.55 Å². The number of aliphatic carboxylic acids is 1. The van der Waals surface area contributed by atoms with Gasteiger partial charge in [0.15, 0.2) is 0 Å². The summed E-state index contributed by atoms with van der Waals surface area (Å²) < 4.78 is 56.8. The topological polar surface area (TPSA) is 76.4 Å². The third-order valence-corrected chi connectivity index (χ3v) is 5.84. The fourth-order valence-electron chi connectivity index (χ4n) is 4.08. The molecule has 1 aliphatic carbocycles. The standard InChI is InChI=1S/C25H23F4N3O3/c1-15(17-4-6-18(26)7-5-17)32-22-12-2-16(3-13-23(33)34)14-21(22)31-24(32)30-19-8-10-20(11-9-19)35-25(27,28)29/h2,4,6-12,14-15,17H,3,5,13H2,1H3,(H,30,31)(H,33,34)/t15-,17?/m1/s1. The summed E-state index contributed by atoms with van der Waals surface area (Å²) in [7, 11) is 0. The lowest BCUT2D eigenvalue weighted by Crippen LogP contribution is -2.18. The molecule has 0 spiro atoms. The smallest absolute Gasteiger partial charge is 0.481 e. The van der Waals surface area contributed by atoms with Gasteiger partial charge in [-0.15, -0.1) is 13.2 Å². The number of benzene rings is 2. The number of aryl methyl sites for hydroxylation is 1. The predicted octanol–water partition coefficient (Wildman–Crippen LogP) is 6.69. The lowest BCUT2D eigenvalue weighted by atomic mass is 9.93. The molecule has 1 unspecified atom stereocenters.